The Kier molecular flexibility index (Phi) is 18.5. The average Bonchev–Trinajstić information content (AvgIpc) is 3.34. The average molecular weight is 936 g/mol. The summed E-state index contributed by atoms with van der Waals surface area (Å²) < 4.78 is 29.6. The standard InChI is InChI=1S/C55H61N3O9Si/c1-58(35-52(59)66-38-42-21-13-7-14-22-42)53(60)48(56)33-46-31-44(25-27-50(46)64-36-40-17-9-5-10-18-40)45-26-28-51(65-37-41-19-11-6-12-20-41)47(32-45)34-49(54(61)63-29-30-68(2,3)4)57-55(62)67-39-43-23-15-8-16-24-43/h5-28,31-32,48-49H,29-30,33-39,56H2,1-4H3,(H,57,62)/t48-,49-/m0/s1. The number of nitrogens with one attached hydrogen (secondary N) is 1. The van der Waals surface area contributed by atoms with Crippen LogP contribution in [0.2, 0.25) is 25.7 Å². The number of amides is 2. The van der Waals surface area contributed by atoms with Gasteiger partial charge in [-0.15, -0.1) is 0 Å². The van der Waals surface area contributed by atoms with E-state index in [9.17, 15) is 19.2 Å². The number of alkyl carbamates (subject to hydrolysis) is 1. The van der Waals surface area contributed by atoms with Crippen molar-refractivity contribution in [3.8, 4) is 22.6 Å². The highest BCUT2D eigenvalue weighted by Crippen LogP contribution is 2.33. The minimum atomic E-state index is -1.55. The monoisotopic (exact) mass is 935 g/mol. The molecular formula is C55H61N3O9Si. The summed E-state index contributed by atoms with van der Waals surface area (Å²) in [6, 6.07) is 48.0. The molecule has 0 aliphatic rings. The molecule has 6 rings (SSSR count). The first-order chi connectivity index (χ1) is 32.8. The van der Waals surface area contributed by atoms with Crippen LogP contribution in [0.25, 0.3) is 11.1 Å². The number of rotatable bonds is 23. The fourth-order valence-corrected chi connectivity index (χ4v) is 7.84. The molecule has 2 amide bonds. The summed E-state index contributed by atoms with van der Waals surface area (Å²) in [5, 5.41) is 2.78. The van der Waals surface area contributed by atoms with Gasteiger partial charge in [-0.05, 0) is 74.8 Å². The van der Waals surface area contributed by atoms with Gasteiger partial charge in [0.05, 0.1) is 12.6 Å². The van der Waals surface area contributed by atoms with E-state index in [0.29, 0.717) is 22.6 Å². The predicted molar refractivity (Wildman–Crippen MR) is 265 cm³/mol. The number of nitrogens with zero attached hydrogens (tertiary/aromatic N) is 1. The van der Waals surface area contributed by atoms with Crippen molar-refractivity contribution in [1.82, 2.24) is 10.2 Å². The zero-order chi connectivity index (χ0) is 48.3. The number of hydrogen-bond acceptors (Lipinski definition) is 10. The molecule has 0 heterocycles. The summed E-state index contributed by atoms with van der Waals surface area (Å²) in [6.45, 7) is 7.19. The van der Waals surface area contributed by atoms with Crippen molar-refractivity contribution in [2.75, 3.05) is 20.2 Å². The summed E-state index contributed by atoms with van der Waals surface area (Å²) in [6.07, 6.45) is -0.652. The van der Waals surface area contributed by atoms with Gasteiger partial charge in [0, 0.05) is 28.0 Å². The van der Waals surface area contributed by atoms with E-state index in [4.69, 9.17) is 29.4 Å². The molecular weight excluding hydrogens is 875 g/mol. The van der Waals surface area contributed by atoms with Gasteiger partial charge >= 0.3 is 18.0 Å². The first kappa shape index (κ1) is 50.2. The van der Waals surface area contributed by atoms with Crippen LogP contribution in [0.3, 0.4) is 0 Å². The summed E-state index contributed by atoms with van der Waals surface area (Å²) >= 11 is 0. The topological polar surface area (TPSA) is 156 Å². The first-order valence-electron chi connectivity index (χ1n) is 22.7. The third-order valence-corrected chi connectivity index (χ3v) is 12.7. The van der Waals surface area contributed by atoms with E-state index < -0.39 is 44.1 Å². The Morgan fingerprint density at radius 1 is 0.574 bits per heavy atom. The molecule has 13 heteroatoms. The second-order valence-electron chi connectivity index (χ2n) is 17.8. The summed E-state index contributed by atoms with van der Waals surface area (Å²) in [7, 11) is -0.0333. The van der Waals surface area contributed by atoms with Gasteiger partial charge in [0.15, 0.2) is 0 Å². The molecule has 0 spiro atoms. The van der Waals surface area contributed by atoms with E-state index in [-0.39, 0.29) is 52.4 Å². The number of esters is 2. The first-order valence-corrected chi connectivity index (χ1v) is 26.4. The van der Waals surface area contributed by atoms with Crippen molar-refractivity contribution in [2.24, 2.45) is 5.73 Å². The van der Waals surface area contributed by atoms with Crippen LogP contribution in [0.4, 0.5) is 4.79 Å². The number of ether oxygens (including phenoxy) is 5. The maximum atomic E-state index is 13.9. The summed E-state index contributed by atoms with van der Waals surface area (Å²) in [4.78, 5) is 54.9. The molecule has 0 aliphatic carbocycles. The fraction of sp³-hybridized carbons (Fsp3) is 0.273. The van der Waals surface area contributed by atoms with Gasteiger partial charge in [0.25, 0.3) is 0 Å². The summed E-state index contributed by atoms with van der Waals surface area (Å²) in [5.41, 5.74) is 13.0. The van der Waals surface area contributed by atoms with E-state index >= 15 is 0 Å². The zero-order valence-electron chi connectivity index (χ0n) is 39.2. The molecule has 6 aromatic carbocycles. The molecule has 68 heavy (non-hydrogen) atoms. The zero-order valence-corrected chi connectivity index (χ0v) is 40.2. The van der Waals surface area contributed by atoms with E-state index in [1.165, 1.54) is 11.9 Å². The lowest BCUT2D eigenvalue weighted by Crippen LogP contribution is -2.45. The molecule has 0 saturated heterocycles. The Hall–Kier alpha value is -7.22. The maximum absolute atomic E-state index is 13.9. The normalized spacial score (nSPS) is 12.0. The smallest absolute Gasteiger partial charge is 0.408 e. The quantitative estimate of drug-likeness (QED) is 0.0361. The molecule has 0 fully saturated rings. The lowest BCUT2D eigenvalue weighted by molar-refractivity contribution is -0.149. The number of carbonyl (C=O) groups is 4. The molecule has 354 valence electrons. The highest BCUT2D eigenvalue weighted by Gasteiger charge is 2.27. The molecule has 0 aromatic heterocycles. The Labute approximate surface area is 400 Å². The van der Waals surface area contributed by atoms with Crippen LogP contribution < -0.4 is 20.5 Å². The molecule has 0 radical (unpaired) electrons. The summed E-state index contributed by atoms with van der Waals surface area (Å²) in [5.74, 6) is -0.541. The van der Waals surface area contributed by atoms with Crippen molar-refractivity contribution in [3.05, 3.63) is 191 Å². The molecule has 0 bridgehead atoms. The van der Waals surface area contributed by atoms with Crippen molar-refractivity contribution in [2.45, 2.75) is 77.0 Å². The molecule has 3 N–H and O–H groups in total. The van der Waals surface area contributed by atoms with Gasteiger partial charge in [-0.2, -0.15) is 0 Å². The van der Waals surface area contributed by atoms with Gasteiger partial charge in [-0.1, -0.05) is 153 Å². The highest BCUT2D eigenvalue weighted by molar-refractivity contribution is 6.76. The van der Waals surface area contributed by atoms with E-state index in [2.05, 4.69) is 25.0 Å². The molecule has 0 unspecified atom stereocenters. The van der Waals surface area contributed by atoms with Crippen LogP contribution in [-0.4, -0.2) is 69.2 Å². The van der Waals surface area contributed by atoms with E-state index in [1.807, 2.05) is 158 Å². The van der Waals surface area contributed by atoms with Crippen LogP contribution in [0.5, 0.6) is 11.5 Å². The number of benzene rings is 6. The third-order valence-electron chi connectivity index (χ3n) is 11.0. The molecule has 12 nitrogen and oxygen atoms in total. The number of carbonyl (C=O) groups excluding carboxylic acids is 4. The highest BCUT2D eigenvalue weighted by atomic mass is 28.3. The van der Waals surface area contributed by atoms with Crippen molar-refractivity contribution in [3.63, 3.8) is 0 Å². The van der Waals surface area contributed by atoms with Gasteiger partial charge in [-0.3, -0.25) is 9.59 Å². The van der Waals surface area contributed by atoms with Gasteiger partial charge in [0.2, 0.25) is 5.91 Å². The van der Waals surface area contributed by atoms with Crippen molar-refractivity contribution < 1.29 is 42.9 Å². The molecule has 6 aromatic rings. The van der Waals surface area contributed by atoms with Crippen LogP contribution in [-0.2, 0) is 67.9 Å². The van der Waals surface area contributed by atoms with Crippen LogP contribution in [0.15, 0.2) is 158 Å². The predicted octanol–water partition coefficient (Wildman–Crippen LogP) is 9.30. The van der Waals surface area contributed by atoms with E-state index in [1.54, 1.807) is 0 Å². The largest absolute Gasteiger partial charge is 0.489 e. The Balaban J connectivity index is 1.28. The Morgan fingerprint density at radius 3 is 1.49 bits per heavy atom. The minimum Gasteiger partial charge on any atom is -0.489 e. The lowest BCUT2D eigenvalue weighted by atomic mass is 9.95. The molecule has 2 atom stereocenters. The lowest BCUT2D eigenvalue weighted by Gasteiger charge is -2.22. The van der Waals surface area contributed by atoms with Gasteiger partial charge in [-0.25, -0.2) is 9.59 Å². The Bertz CT molecular complexity index is 2560. The second kappa shape index (κ2) is 25.1. The SMILES string of the molecule is CN(CC(=O)OCc1ccccc1)C(=O)[C@@H](N)Cc1cc(-c2ccc(OCc3ccccc3)c(C[C@H](NC(=O)OCc3ccccc3)C(=O)OCC[Si](C)(C)C)c2)ccc1OCc1ccccc1. The minimum absolute atomic E-state index is 0.0191. The second-order valence-corrected chi connectivity index (χ2v) is 23.4. The van der Waals surface area contributed by atoms with Crippen molar-refractivity contribution in [1.29, 1.82) is 0 Å². The van der Waals surface area contributed by atoms with Crippen molar-refractivity contribution >= 4 is 32.0 Å². The fourth-order valence-electron chi connectivity index (χ4n) is 7.13. The third kappa shape index (κ3) is 16.3. The number of likely N-dealkylation sites (N-methyl/N-ethyl adjacent to an activating group) is 1. The van der Waals surface area contributed by atoms with E-state index in [0.717, 1.165) is 39.4 Å². The molecule has 0 aliphatic heterocycles. The van der Waals surface area contributed by atoms with Crippen LogP contribution >= 0.6 is 0 Å². The van der Waals surface area contributed by atoms with Gasteiger partial charge < -0.3 is 39.6 Å². The van der Waals surface area contributed by atoms with Crippen LogP contribution in [0.1, 0.15) is 33.4 Å². The van der Waals surface area contributed by atoms with Crippen LogP contribution in [0, 0.1) is 0 Å². The molecule has 0 saturated carbocycles. The number of hydrogen-bond donors (Lipinski definition) is 2. The Morgan fingerprint density at radius 2 is 1.01 bits per heavy atom. The maximum Gasteiger partial charge on any atom is 0.408 e. The number of nitrogens with two attached hydrogens (primary N) is 1. The van der Waals surface area contributed by atoms with Gasteiger partial charge in [0.1, 0.15) is 50.5 Å².